The predicted octanol–water partition coefficient (Wildman–Crippen LogP) is 3.82. The first-order chi connectivity index (χ1) is 18.9. The van der Waals surface area contributed by atoms with E-state index in [-0.39, 0.29) is 53.2 Å². The van der Waals surface area contributed by atoms with Crippen molar-refractivity contribution in [1.29, 1.82) is 0 Å². The average Bonchev–Trinajstić information content (AvgIpc) is 2.93. The fourth-order valence-corrected chi connectivity index (χ4v) is 7.55. The minimum atomic E-state index is -4.16. The normalized spacial score (nSPS) is 14.5. The summed E-state index contributed by atoms with van der Waals surface area (Å²) in [5, 5.41) is 3.06. The zero-order chi connectivity index (χ0) is 29.1. The van der Waals surface area contributed by atoms with Crippen LogP contribution in [0.4, 0.5) is 11.4 Å². The molecule has 3 aromatic carbocycles. The van der Waals surface area contributed by atoms with E-state index in [2.05, 4.69) is 5.32 Å². The molecule has 1 fully saturated rings. The van der Waals surface area contributed by atoms with E-state index in [1.54, 1.807) is 31.2 Å². The van der Waals surface area contributed by atoms with Crippen molar-refractivity contribution in [3.63, 3.8) is 0 Å². The van der Waals surface area contributed by atoms with Crippen molar-refractivity contribution in [3.05, 3.63) is 76.8 Å². The van der Waals surface area contributed by atoms with Crippen molar-refractivity contribution >= 4 is 48.9 Å². The molecule has 0 spiro atoms. The highest BCUT2D eigenvalue weighted by molar-refractivity contribution is 7.92. The van der Waals surface area contributed by atoms with Crippen molar-refractivity contribution in [1.82, 2.24) is 4.31 Å². The van der Waals surface area contributed by atoms with Crippen molar-refractivity contribution in [2.45, 2.75) is 23.6 Å². The monoisotopic (exact) mass is 607 g/mol. The molecule has 1 heterocycles. The molecule has 40 heavy (non-hydrogen) atoms. The molecule has 0 unspecified atom stereocenters. The smallest absolute Gasteiger partial charge is 0.264 e. The van der Waals surface area contributed by atoms with E-state index < -0.39 is 32.5 Å². The number of methoxy groups -OCH3 is 1. The van der Waals surface area contributed by atoms with Crippen LogP contribution >= 0.6 is 11.6 Å². The van der Waals surface area contributed by atoms with Gasteiger partial charge in [0.25, 0.3) is 10.0 Å². The Balaban J connectivity index is 1.66. The second kappa shape index (κ2) is 12.1. The maximum Gasteiger partial charge on any atom is 0.264 e. The molecule has 10 nitrogen and oxygen atoms in total. The largest absolute Gasteiger partial charge is 0.495 e. The number of rotatable bonds is 9. The third-order valence-corrected chi connectivity index (χ3v) is 10.3. The molecule has 0 aliphatic carbocycles. The van der Waals surface area contributed by atoms with Crippen LogP contribution in [0.5, 0.6) is 5.75 Å². The van der Waals surface area contributed by atoms with Crippen LogP contribution in [0, 0.1) is 13.8 Å². The Morgan fingerprint density at radius 2 is 1.68 bits per heavy atom. The molecule has 3 aromatic rings. The van der Waals surface area contributed by atoms with Crippen LogP contribution in [0.15, 0.2) is 70.5 Å². The molecule has 0 radical (unpaired) electrons. The number of nitrogens with one attached hydrogen (secondary N) is 1. The Morgan fingerprint density at radius 3 is 2.30 bits per heavy atom. The van der Waals surface area contributed by atoms with Gasteiger partial charge in [0, 0.05) is 23.8 Å². The van der Waals surface area contributed by atoms with Crippen LogP contribution < -0.4 is 14.4 Å². The van der Waals surface area contributed by atoms with Crippen LogP contribution in [-0.2, 0) is 29.6 Å². The van der Waals surface area contributed by atoms with Gasteiger partial charge in [-0.15, -0.1) is 0 Å². The SMILES string of the molecule is COc1ccc(NC(=O)CN(c2ccc(Cl)cc2C)S(=O)(=O)c2ccc(C)cc2)cc1S(=O)(=O)N1CCOCC1. The summed E-state index contributed by atoms with van der Waals surface area (Å²) in [6.07, 6.45) is 0. The van der Waals surface area contributed by atoms with E-state index in [1.807, 2.05) is 6.92 Å². The van der Waals surface area contributed by atoms with Crippen LogP contribution in [0.1, 0.15) is 11.1 Å². The maximum atomic E-state index is 13.7. The Morgan fingerprint density at radius 1 is 1.00 bits per heavy atom. The summed E-state index contributed by atoms with van der Waals surface area (Å²) in [4.78, 5) is 13.2. The zero-order valence-corrected chi connectivity index (χ0v) is 24.6. The van der Waals surface area contributed by atoms with Crippen molar-refractivity contribution in [2.24, 2.45) is 0 Å². The van der Waals surface area contributed by atoms with Gasteiger partial charge in [-0.05, 0) is 67.9 Å². The topological polar surface area (TPSA) is 122 Å². The summed E-state index contributed by atoms with van der Waals surface area (Å²) in [7, 11) is -6.74. The first-order valence-corrected chi connectivity index (χ1v) is 15.6. The molecule has 1 aliphatic rings. The van der Waals surface area contributed by atoms with Gasteiger partial charge >= 0.3 is 0 Å². The van der Waals surface area contributed by atoms with E-state index >= 15 is 0 Å². The molecule has 1 N–H and O–H groups in total. The molecule has 0 saturated carbocycles. The lowest BCUT2D eigenvalue weighted by Crippen LogP contribution is -2.40. The van der Waals surface area contributed by atoms with E-state index in [0.29, 0.717) is 10.6 Å². The molecule has 1 aliphatic heterocycles. The van der Waals surface area contributed by atoms with Gasteiger partial charge in [-0.2, -0.15) is 4.31 Å². The molecule has 13 heteroatoms. The number of carbonyl (C=O) groups is 1. The fraction of sp³-hybridized carbons (Fsp3) is 0.296. The summed E-state index contributed by atoms with van der Waals surface area (Å²) in [6.45, 7) is 3.88. The minimum Gasteiger partial charge on any atom is -0.495 e. The van der Waals surface area contributed by atoms with E-state index in [4.69, 9.17) is 21.1 Å². The molecule has 0 atom stereocenters. The third-order valence-electron chi connectivity index (χ3n) is 6.36. The number of sulfonamides is 2. The molecular weight excluding hydrogens is 578 g/mol. The second-order valence-electron chi connectivity index (χ2n) is 9.19. The highest BCUT2D eigenvalue weighted by Gasteiger charge is 2.31. The van der Waals surface area contributed by atoms with Crippen molar-refractivity contribution in [3.8, 4) is 5.75 Å². The van der Waals surface area contributed by atoms with Crippen molar-refractivity contribution in [2.75, 3.05) is 49.6 Å². The van der Waals surface area contributed by atoms with E-state index in [1.165, 1.54) is 47.8 Å². The molecule has 214 valence electrons. The predicted molar refractivity (Wildman–Crippen MR) is 153 cm³/mol. The molecule has 4 rings (SSSR count). The van der Waals surface area contributed by atoms with Crippen LogP contribution in [0.25, 0.3) is 0 Å². The summed E-state index contributed by atoms with van der Waals surface area (Å²) in [5.41, 5.74) is 1.89. The first-order valence-electron chi connectivity index (χ1n) is 12.3. The van der Waals surface area contributed by atoms with Gasteiger partial charge in [0.05, 0.1) is 30.9 Å². The van der Waals surface area contributed by atoms with Crippen LogP contribution in [-0.4, -0.2) is 67.0 Å². The third kappa shape index (κ3) is 6.42. The standard InChI is InChI=1S/C27H30ClN3O7S2/c1-19-4-8-23(9-5-19)39(33,34)31(24-10-6-21(28)16-20(24)2)18-27(32)29-22-7-11-25(37-3)26(17-22)40(35,36)30-12-14-38-15-13-30/h4-11,16-17H,12-15,18H2,1-3H3,(H,29,32). The highest BCUT2D eigenvalue weighted by Crippen LogP contribution is 2.32. The highest BCUT2D eigenvalue weighted by atomic mass is 35.5. The average molecular weight is 608 g/mol. The zero-order valence-electron chi connectivity index (χ0n) is 22.3. The number of ether oxygens (including phenoxy) is 2. The van der Waals surface area contributed by atoms with Crippen LogP contribution in [0.3, 0.4) is 0 Å². The maximum absolute atomic E-state index is 13.7. The number of benzene rings is 3. The Kier molecular flexibility index (Phi) is 9.06. The fourth-order valence-electron chi connectivity index (χ4n) is 4.25. The number of carbonyl (C=O) groups excluding carboxylic acids is 1. The van der Waals surface area contributed by atoms with Gasteiger partial charge < -0.3 is 14.8 Å². The number of aryl methyl sites for hydroxylation is 2. The number of hydrogen-bond acceptors (Lipinski definition) is 7. The number of nitrogens with zero attached hydrogens (tertiary/aromatic N) is 2. The van der Waals surface area contributed by atoms with Gasteiger partial charge in [-0.25, -0.2) is 16.8 Å². The molecular formula is C27H30ClN3O7S2. The van der Waals surface area contributed by atoms with Gasteiger partial charge in [0.1, 0.15) is 17.2 Å². The lowest BCUT2D eigenvalue weighted by molar-refractivity contribution is -0.114. The molecule has 0 aromatic heterocycles. The number of halogens is 1. The lowest BCUT2D eigenvalue weighted by Gasteiger charge is -2.27. The summed E-state index contributed by atoms with van der Waals surface area (Å²) in [6, 6.07) is 15.2. The summed E-state index contributed by atoms with van der Waals surface area (Å²) < 4.78 is 66.9. The van der Waals surface area contributed by atoms with E-state index in [0.717, 1.165) is 9.87 Å². The summed E-state index contributed by atoms with van der Waals surface area (Å²) >= 11 is 6.10. The lowest BCUT2D eigenvalue weighted by atomic mass is 10.2. The van der Waals surface area contributed by atoms with Crippen molar-refractivity contribution < 1.29 is 31.1 Å². The molecule has 0 bridgehead atoms. The van der Waals surface area contributed by atoms with E-state index in [9.17, 15) is 21.6 Å². The summed E-state index contributed by atoms with van der Waals surface area (Å²) in [5.74, 6) is -0.560. The van der Waals surface area contributed by atoms with Gasteiger partial charge in [0.2, 0.25) is 15.9 Å². The molecule has 1 amide bonds. The second-order valence-corrected chi connectivity index (χ2v) is 13.4. The van der Waals surface area contributed by atoms with Gasteiger partial charge in [-0.3, -0.25) is 9.10 Å². The number of amides is 1. The minimum absolute atomic E-state index is 0.0172. The number of anilines is 2. The molecule has 1 saturated heterocycles. The number of morpholine rings is 1. The Bertz CT molecular complexity index is 1610. The first kappa shape index (κ1) is 29.8. The van der Waals surface area contributed by atoms with Gasteiger partial charge in [0.15, 0.2) is 0 Å². The Labute approximate surface area is 239 Å². The quantitative estimate of drug-likeness (QED) is 0.392. The Hall–Kier alpha value is -3.16. The van der Waals surface area contributed by atoms with Gasteiger partial charge in [-0.1, -0.05) is 29.3 Å². The van der Waals surface area contributed by atoms with Crippen LogP contribution in [0.2, 0.25) is 5.02 Å². The number of hydrogen-bond donors (Lipinski definition) is 1.